The van der Waals surface area contributed by atoms with Crippen molar-refractivity contribution in [3.8, 4) is 0 Å². The Hall–Kier alpha value is -0.930. The molecule has 94 valence electrons. The molecule has 1 rings (SSSR count). The normalized spacial score (nSPS) is 12.5. The molecule has 0 aromatic heterocycles. The number of hydrogen-bond donors (Lipinski definition) is 0. The molecule has 0 aliphatic heterocycles. The molecule has 1 atom stereocenters. The molecule has 0 bridgehead atoms. The molecule has 1 aromatic rings. The topological polar surface area (TPSA) is 26.3 Å². The van der Waals surface area contributed by atoms with Gasteiger partial charge in [-0.25, -0.2) is 4.39 Å². The molecule has 0 saturated heterocycles. The van der Waals surface area contributed by atoms with Crippen molar-refractivity contribution in [2.45, 2.75) is 32.8 Å². The maximum absolute atomic E-state index is 12.9. The zero-order valence-corrected chi connectivity index (χ0v) is 10.8. The molecule has 0 aliphatic carbocycles. The highest BCUT2D eigenvalue weighted by molar-refractivity contribution is 6.30. The fourth-order valence-electron chi connectivity index (χ4n) is 1.60. The van der Waals surface area contributed by atoms with Crippen molar-refractivity contribution < 1.29 is 13.9 Å². The third kappa shape index (κ3) is 4.10. The van der Waals surface area contributed by atoms with Gasteiger partial charge in [-0.05, 0) is 31.0 Å². The highest BCUT2D eigenvalue weighted by atomic mass is 35.5. The lowest BCUT2D eigenvalue weighted by Crippen LogP contribution is -2.25. The highest BCUT2D eigenvalue weighted by Crippen LogP contribution is 2.17. The first-order chi connectivity index (χ1) is 8.08. The predicted octanol–water partition coefficient (Wildman–Crippen LogP) is 3.41. The predicted molar refractivity (Wildman–Crippen MR) is 65.8 cm³/mol. The summed E-state index contributed by atoms with van der Waals surface area (Å²) in [4.78, 5) is 11.9. The van der Waals surface area contributed by atoms with E-state index < -0.39 is 5.82 Å². The van der Waals surface area contributed by atoms with Crippen LogP contribution in [0.15, 0.2) is 18.2 Å². The Bertz CT molecular complexity index is 393. The Balaban J connectivity index is 2.69. The summed E-state index contributed by atoms with van der Waals surface area (Å²) in [6, 6.07) is 4.32. The third-order valence-corrected chi connectivity index (χ3v) is 2.75. The molecular weight excluding hydrogens is 243 g/mol. The van der Waals surface area contributed by atoms with Gasteiger partial charge in [0.25, 0.3) is 0 Å². The maximum Gasteiger partial charge on any atom is 0.165 e. The fraction of sp³-hybridized carbons (Fsp3) is 0.462. The first-order valence-corrected chi connectivity index (χ1v) is 6.04. The molecule has 0 saturated carbocycles. The van der Waals surface area contributed by atoms with Crippen LogP contribution in [0.3, 0.4) is 0 Å². The smallest absolute Gasteiger partial charge is 0.165 e. The van der Waals surface area contributed by atoms with Gasteiger partial charge in [0.15, 0.2) is 5.78 Å². The van der Waals surface area contributed by atoms with Crippen LogP contribution in [-0.4, -0.2) is 18.5 Å². The van der Waals surface area contributed by atoms with Crippen molar-refractivity contribution in [1.82, 2.24) is 0 Å². The first-order valence-electron chi connectivity index (χ1n) is 5.66. The minimum absolute atomic E-state index is 0.00275. The lowest BCUT2D eigenvalue weighted by atomic mass is 10.0. The van der Waals surface area contributed by atoms with Crippen molar-refractivity contribution >= 4 is 17.4 Å². The van der Waals surface area contributed by atoms with E-state index in [9.17, 15) is 9.18 Å². The summed E-state index contributed by atoms with van der Waals surface area (Å²) in [5.41, 5.74) is 0.708. The van der Waals surface area contributed by atoms with Crippen LogP contribution >= 0.6 is 11.6 Å². The first kappa shape index (κ1) is 14.1. The molecule has 0 N–H and O–H groups in total. The van der Waals surface area contributed by atoms with Gasteiger partial charge in [0.2, 0.25) is 0 Å². The quantitative estimate of drug-likeness (QED) is 0.782. The summed E-state index contributed by atoms with van der Waals surface area (Å²) in [5, 5.41) is 0.0414. The molecule has 4 heteroatoms. The summed E-state index contributed by atoms with van der Waals surface area (Å²) in [6.07, 6.45) is 0.476. The van der Waals surface area contributed by atoms with Crippen LogP contribution in [-0.2, 0) is 16.0 Å². The van der Waals surface area contributed by atoms with Gasteiger partial charge in [-0.2, -0.15) is 0 Å². The van der Waals surface area contributed by atoms with Gasteiger partial charge in [0, 0.05) is 13.0 Å². The molecule has 2 nitrogen and oxygen atoms in total. The van der Waals surface area contributed by atoms with Crippen LogP contribution in [0.2, 0.25) is 5.02 Å². The molecule has 17 heavy (non-hydrogen) atoms. The van der Waals surface area contributed by atoms with E-state index in [2.05, 4.69) is 0 Å². The molecule has 1 unspecified atom stereocenters. The number of ketones is 1. The Labute approximate surface area is 106 Å². The molecule has 1 aromatic carbocycles. The van der Waals surface area contributed by atoms with Crippen LogP contribution < -0.4 is 0 Å². The zero-order valence-electron chi connectivity index (χ0n) is 10.0. The lowest BCUT2D eigenvalue weighted by Gasteiger charge is -2.13. The van der Waals surface area contributed by atoms with Gasteiger partial charge in [0.05, 0.1) is 5.02 Å². The van der Waals surface area contributed by atoms with Crippen LogP contribution in [0.25, 0.3) is 0 Å². The zero-order chi connectivity index (χ0) is 12.8. The van der Waals surface area contributed by atoms with Gasteiger partial charge >= 0.3 is 0 Å². The maximum atomic E-state index is 12.9. The van der Waals surface area contributed by atoms with Gasteiger partial charge in [-0.1, -0.05) is 24.6 Å². The summed E-state index contributed by atoms with van der Waals surface area (Å²) < 4.78 is 18.3. The Morgan fingerprint density at radius 1 is 1.47 bits per heavy atom. The standard InChI is InChI=1S/C13H16ClFO2/c1-3-13(17-4-2)12(16)8-9-5-6-11(15)10(14)7-9/h5-7,13H,3-4,8H2,1-2H3. The van der Waals surface area contributed by atoms with Gasteiger partial charge in [0.1, 0.15) is 11.9 Å². The van der Waals surface area contributed by atoms with Gasteiger partial charge in [-0.3, -0.25) is 4.79 Å². The Morgan fingerprint density at radius 2 is 2.18 bits per heavy atom. The van der Waals surface area contributed by atoms with Crippen molar-refractivity contribution in [3.05, 3.63) is 34.6 Å². The average Bonchev–Trinajstić information content (AvgIpc) is 2.30. The minimum atomic E-state index is -0.472. The highest BCUT2D eigenvalue weighted by Gasteiger charge is 2.17. The number of hydrogen-bond acceptors (Lipinski definition) is 2. The number of carbonyl (C=O) groups is 1. The van der Waals surface area contributed by atoms with Gasteiger partial charge in [-0.15, -0.1) is 0 Å². The van der Waals surface area contributed by atoms with E-state index in [1.54, 1.807) is 6.07 Å². The second-order valence-corrected chi connectivity index (χ2v) is 4.15. The van der Waals surface area contributed by atoms with Crippen LogP contribution in [0, 0.1) is 5.82 Å². The lowest BCUT2D eigenvalue weighted by molar-refractivity contribution is -0.129. The number of halogens is 2. The van der Waals surface area contributed by atoms with Crippen LogP contribution in [0.1, 0.15) is 25.8 Å². The van der Waals surface area contributed by atoms with E-state index >= 15 is 0 Å². The molecule has 0 heterocycles. The molecule has 0 amide bonds. The van der Waals surface area contributed by atoms with Crippen LogP contribution in [0.4, 0.5) is 4.39 Å². The number of ether oxygens (including phenoxy) is 1. The number of carbonyl (C=O) groups excluding carboxylic acids is 1. The van der Waals surface area contributed by atoms with Crippen molar-refractivity contribution in [2.75, 3.05) is 6.61 Å². The number of rotatable bonds is 6. The van der Waals surface area contributed by atoms with E-state index in [0.717, 1.165) is 0 Å². The molecule has 0 aliphatic rings. The molecule has 0 spiro atoms. The largest absolute Gasteiger partial charge is 0.371 e. The minimum Gasteiger partial charge on any atom is -0.371 e. The SMILES string of the molecule is CCOC(CC)C(=O)Cc1ccc(F)c(Cl)c1. The van der Waals surface area contributed by atoms with E-state index in [-0.39, 0.29) is 23.3 Å². The second-order valence-electron chi connectivity index (χ2n) is 3.74. The van der Waals surface area contributed by atoms with Crippen molar-refractivity contribution in [2.24, 2.45) is 0 Å². The second kappa shape index (κ2) is 6.72. The summed E-state index contributed by atoms with van der Waals surface area (Å²) >= 11 is 5.65. The molecule has 0 fully saturated rings. The monoisotopic (exact) mass is 258 g/mol. The van der Waals surface area contributed by atoms with Crippen molar-refractivity contribution in [1.29, 1.82) is 0 Å². The molecule has 0 radical (unpaired) electrons. The number of benzene rings is 1. The summed E-state index contributed by atoms with van der Waals surface area (Å²) in [7, 11) is 0. The van der Waals surface area contributed by atoms with E-state index in [1.807, 2.05) is 13.8 Å². The average molecular weight is 259 g/mol. The van der Waals surface area contributed by atoms with Crippen LogP contribution in [0.5, 0.6) is 0 Å². The van der Waals surface area contributed by atoms with Crippen molar-refractivity contribution in [3.63, 3.8) is 0 Å². The fourth-order valence-corrected chi connectivity index (χ4v) is 1.81. The Kier molecular flexibility index (Phi) is 5.59. The van der Waals surface area contributed by atoms with E-state index in [0.29, 0.717) is 18.6 Å². The summed E-state index contributed by atoms with van der Waals surface area (Å²) in [6.45, 7) is 4.26. The summed E-state index contributed by atoms with van der Waals surface area (Å²) in [5.74, 6) is -0.475. The number of Topliss-reactive ketones (excluding diaryl/α,β-unsaturated/α-hetero) is 1. The third-order valence-electron chi connectivity index (χ3n) is 2.46. The van der Waals surface area contributed by atoms with E-state index in [4.69, 9.17) is 16.3 Å². The van der Waals surface area contributed by atoms with E-state index in [1.165, 1.54) is 12.1 Å². The van der Waals surface area contributed by atoms with Gasteiger partial charge < -0.3 is 4.74 Å². The Morgan fingerprint density at radius 3 is 2.71 bits per heavy atom. The molecular formula is C13H16ClFO2.